The van der Waals surface area contributed by atoms with E-state index in [2.05, 4.69) is 5.32 Å². The van der Waals surface area contributed by atoms with E-state index < -0.39 is 0 Å². The average molecular weight is 305 g/mol. The highest BCUT2D eigenvalue weighted by Crippen LogP contribution is 2.30. The maximum absolute atomic E-state index is 12.0. The third-order valence-electron chi connectivity index (χ3n) is 3.33. The molecule has 0 unspecified atom stereocenters. The van der Waals surface area contributed by atoms with Crippen LogP contribution in [0.4, 0.5) is 11.4 Å². The molecule has 0 radical (unpaired) electrons. The fourth-order valence-electron chi connectivity index (χ4n) is 2.29. The van der Waals surface area contributed by atoms with Gasteiger partial charge in [-0.05, 0) is 36.8 Å². The van der Waals surface area contributed by atoms with Gasteiger partial charge in [-0.2, -0.15) is 0 Å². The van der Waals surface area contributed by atoms with Gasteiger partial charge in [-0.3, -0.25) is 9.59 Å². The smallest absolute Gasteiger partial charge is 0.291 e. The molecule has 2 amide bonds. The lowest BCUT2D eigenvalue weighted by atomic mass is 10.2. The van der Waals surface area contributed by atoms with Gasteiger partial charge in [-0.25, -0.2) is 0 Å². The number of carbonyl (C=O) groups is 2. The van der Waals surface area contributed by atoms with Gasteiger partial charge in [0.05, 0.1) is 17.0 Å². The van der Waals surface area contributed by atoms with Crippen LogP contribution in [0.5, 0.6) is 0 Å². The molecular formula is C15H13ClN2O3. The molecule has 0 bridgehead atoms. The van der Waals surface area contributed by atoms with Crippen LogP contribution in [0, 0.1) is 0 Å². The second-order valence-electron chi connectivity index (χ2n) is 4.74. The molecular weight excluding hydrogens is 292 g/mol. The summed E-state index contributed by atoms with van der Waals surface area (Å²) in [6.07, 6.45) is 2.82. The summed E-state index contributed by atoms with van der Waals surface area (Å²) in [6.45, 7) is 0.687. The van der Waals surface area contributed by atoms with Crippen molar-refractivity contribution >= 4 is 34.8 Å². The quantitative estimate of drug-likeness (QED) is 0.946. The normalized spacial score (nSPS) is 14.5. The monoisotopic (exact) mass is 304 g/mol. The molecule has 1 aliphatic heterocycles. The molecule has 0 atom stereocenters. The van der Waals surface area contributed by atoms with Gasteiger partial charge in [0.25, 0.3) is 5.91 Å². The van der Waals surface area contributed by atoms with Crippen molar-refractivity contribution in [3.8, 4) is 0 Å². The Morgan fingerprint density at radius 1 is 1.33 bits per heavy atom. The molecule has 6 heteroatoms. The van der Waals surface area contributed by atoms with Gasteiger partial charge in [0.15, 0.2) is 5.76 Å². The molecule has 21 heavy (non-hydrogen) atoms. The first-order valence-corrected chi connectivity index (χ1v) is 6.98. The van der Waals surface area contributed by atoms with Crippen molar-refractivity contribution in [3.05, 3.63) is 47.4 Å². The second kappa shape index (κ2) is 5.61. The maximum atomic E-state index is 12.0. The highest BCUT2D eigenvalue weighted by molar-refractivity contribution is 6.34. The van der Waals surface area contributed by atoms with E-state index in [1.54, 1.807) is 35.2 Å². The van der Waals surface area contributed by atoms with E-state index >= 15 is 0 Å². The van der Waals surface area contributed by atoms with Crippen molar-refractivity contribution < 1.29 is 14.0 Å². The van der Waals surface area contributed by atoms with E-state index in [1.807, 2.05) is 0 Å². The zero-order valence-corrected chi connectivity index (χ0v) is 11.9. The van der Waals surface area contributed by atoms with E-state index in [9.17, 15) is 9.59 Å². The SMILES string of the molecule is O=C(Nc1cc(N2CCCC2=O)ccc1Cl)c1ccco1. The number of nitrogens with zero attached hydrogens (tertiary/aromatic N) is 1. The molecule has 1 fully saturated rings. The van der Waals surface area contributed by atoms with Crippen LogP contribution in [0.25, 0.3) is 0 Å². The zero-order chi connectivity index (χ0) is 14.8. The average Bonchev–Trinajstić information content (AvgIpc) is 3.12. The highest BCUT2D eigenvalue weighted by atomic mass is 35.5. The third-order valence-corrected chi connectivity index (χ3v) is 3.66. The van der Waals surface area contributed by atoms with Gasteiger partial charge in [0.1, 0.15) is 0 Å². The Balaban J connectivity index is 1.84. The third kappa shape index (κ3) is 2.78. The Morgan fingerprint density at radius 3 is 2.86 bits per heavy atom. The van der Waals surface area contributed by atoms with E-state index in [1.165, 1.54) is 6.26 Å². The first-order valence-electron chi connectivity index (χ1n) is 6.60. The Kier molecular flexibility index (Phi) is 3.66. The molecule has 2 heterocycles. The predicted octanol–water partition coefficient (Wildman–Crippen LogP) is 3.31. The molecule has 0 aliphatic carbocycles. The lowest BCUT2D eigenvalue weighted by Gasteiger charge is -2.17. The first kappa shape index (κ1) is 13.7. The van der Waals surface area contributed by atoms with Crippen molar-refractivity contribution in [3.63, 3.8) is 0 Å². The van der Waals surface area contributed by atoms with E-state index in [4.69, 9.17) is 16.0 Å². The predicted molar refractivity (Wildman–Crippen MR) is 79.7 cm³/mol. The topological polar surface area (TPSA) is 62.6 Å². The first-order chi connectivity index (χ1) is 10.1. The minimum Gasteiger partial charge on any atom is -0.459 e. The van der Waals surface area contributed by atoms with Crippen molar-refractivity contribution in [1.29, 1.82) is 0 Å². The van der Waals surface area contributed by atoms with Crippen LogP contribution in [0.1, 0.15) is 23.4 Å². The standard InChI is InChI=1S/C15H13ClN2O3/c16-11-6-5-10(18-7-1-4-14(18)19)9-12(11)17-15(20)13-3-2-8-21-13/h2-3,5-6,8-9H,1,4,7H2,(H,17,20). The molecule has 2 aromatic rings. The number of nitrogens with one attached hydrogen (secondary N) is 1. The molecule has 0 spiro atoms. The largest absolute Gasteiger partial charge is 0.459 e. The van der Waals surface area contributed by atoms with Gasteiger partial charge in [-0.15, -0.1) is 0 Å². The zero-order valence-electron chi connectivity index (χ0n) is 11.1. The van der Waals surface area contributed by atoms with Crippen LogP contribution in [-0.2, 0) is 4.79 Å². The summed E-state index contributed by atoms with van der Waals surface area (Å²) in [5.41, 5.74) is 1.19. The number of furan rings is 1. The van der Waals surface area contributed by atoms with Crippen molar-refractivity contribution in [2.75, 3.05) is 16.8 Å². The summed E-state index contributed by atoms with van der Waals surface area (Å²) in [5.74, 6) is -0.0962. The minimum absolute atomic E-state index is 0.0839. The number of benzene rings is 1. The van der Waals surface area contributed by atoms with Gasteiger partial charge < -0.3 is 14.6 Å². The summed E-state index contributed by atoms with van der Waals surface area (Å²) in [4.78, 5) is 25.4. The molecule has 1 saturated heterocycles. The van der Waals surface area contributed by atoms with Crippen LogP contribution in [-0.4, -0.2) is 18.4 Å². The number of amides is 2. The Labute approximate surface area is 126 Å². The van der Waals surface area contributed by atoms with Crippen molar-refractivity contribution in [2.24, 2.45) is 0 Å². The number of rotatable bonds is 3. The Morgan fingerprint density at radius 2 is 2.19 bits per heavy atom. The number of carbonyl (C=O) groups excluding carboxylic acids is 2. The van der Waals surface area contributed by atoms with E-state index in [-0.39, 0.29) is 17.6 Å². The summed E-state index contributed by atoms with van der Waals surface area (Å²) in [5, 5.41) is 3.10. The van der Waals surface area contributed by atoms with Gasteiger partial charge in [0, 0.05) is 18.7 Å². The highest BCUT2D eigenvalue weighted by Gasteiger charge is 2.22. The molecule has 5 nitrogen and oxygen atoms in total. The van der Waals surface area contributed by atoms with Crippen LogP contribution >= 0.6 is 11.6 Å². The van der Waals surface area contributed by atoms with Gasteiger partial charge in [-0.1, -0.05) is 11.6 Å². The molecule has 0 saturated carbocycles. The summed E-state index contributed by atoms with van der Waals surface area (Å²) < 4.78 is 5.03. The Bertz CT molecular complexity index is 682. The molecule has 1 aliphatic rings. The fraction of sp³-hybridized carbons (Fsp3) is 0.200. The van der Waals surface area contributed by atoms with Gasteiger partial charge in [0.2, 0.25) is 5.91 Å². The van der Waals surface area contributed by atoms with E-state index in [0.29, 0.717) is 23.7 Å². The minimum atomic E-state index is -0.383. The number of hydrogen-bond donors (Lipinski definition) is 1. The van der Waals surface area contributed by atoms with Crippen LogP contribution in [0.2, 0.25) is 5.02 Å². The van der Waals surface area contributed by atoms with Crippen LogP contribution in [0.3, 0.4) is 0 Å². The van der Waals surface area contributed by atoms with Crippen LogP contribution in [0.15, 0.2) is 41.0 Å². The van der Waals surface area contributed by atoms with Crippen LogP contribution < -0.4 is 10.2 Å². The fourth-order valence-corrected chi connectivity index (χ4v) is 2.45. The maximum Gasteiger partial charge on any atom is 0.291 e. The lowest BCUT2D eigenvalue weighted by molar-refractivity contribution is -0.117. The summed E-state index contributed by atoms with van der Waals surface area (Å²) in [7, 11) is 0. The molecule has 1 N–H and O–H groups in total. The van der Waals surface area contributed by atoms with Gasteiger partial charge >= 0.3 is 0 Å². The number of anilines is 2. The van der Waals surface area contributed by atoms with E-state index in [0.717, 1.165) is 12.1 Å². The summed E-state index contributed by atoms with van der Waals surface area (Å²) in [6, 6.07) is 8.34. The number of halogens is 1. The molecule has 3 rings (SSSR count). The lowest BCUT2D eigenvalue weighted by Crippen LogP contribution is -2.23. The molecule has 1 aromatic heterocycles. The van der Waals surface area contributed by atoms with Crippen molar-refractivity contribution in [1.82, 2.24) is 0 Å². The molecule has 108 valence electrons. The molecule has 1 aromatic carbocycles. The van der Waals surface area contributed by atoms with Crippen molar-refractivity contribution in [2.45, 2.75) is 12.8 Å². The Hall–Kier alpha value is -2.27. The second-order valence-corrected chi connectivity index (χ2v) is 5.15. The number of hydrogen-bond acceptors (Lipinski definition) is 3. The summed E-state index contributed by atoms with van der Waals surface area (Å²) >= 11 is 6.10.